The molecule has 0 N–H and O–H groups in total. The summed E-state index contributed by atoms with van der Waals surface area (Å²) >= 11 is 0. The molecule has 0 aliphatic carbocycles. The third kappa shape index (κ3) is 5.45. The maximum atomic E-state index is 12.3. The quantitative estimate of drug-likeness (QED) is 0.772. The number of piperazine rings is 1. The van der Waals surface area contributed by atoms with E-state index in [2.05, 4.69) is 40.1 Å². The van der Waals surface area contributed by atoms with Crippen molar-refractivity contribution in [3.63, 3.8) is 0 Å². The number of hydrogen-bond donors (Lipinski definition) is 0. The van der Waals surface area contributed by atoms with E-state index in [1.807, 2.05) is 24.3 Å². The number of nitrogens with zero attached hydrogens (tertiary/aromatic N) is 2. The van der Waals surface area contributed by atoms with Crippen LogP contribution in [0.5, 0.6) is 5.75 Å². The van der Waals surface area contributed by atoms with Crippen LogP contribution in [0.4, 0.5) is 0 Å². The van der Waals surface area contributed by atoms with Crippen molar-refractivity contribution in [1.29, 1.82) is 0 Å². The second-order valence-corrected chi connectivity index (χ2v) is 6.93. The molecule has 1 saturated heterocycles. The molecule has 4 nitrogen and oxygen atoms in total. The molecular formula is C21H26Cl2N2O2. The molecule has 0 bridgehead atoms. The van der Waals surface area contributed by atoms with Gasteiger partial charge in [0.2, 0.25) is 0 Å². The summed E-state index contributed by atoms with van der Waals surface area (Å²) in [6.45, 7) is 6.03. The van der Waals surface area contributed by atoms with Crippen molar-refractivity contribution in [2.45, 2.75) is 19.1 Å². The summed E-state index contributed by atoms with van der Waals surface area (Å²) in [5, 5.41) is 0. The van der Waals surface area contributed by atoms with Crippen LogP contribution in [0, 0.1) is 0 Å². The monoisotopic (exact) mass is 408 g/mol. The van der Waals surface area contributed by atoms with Gasteiger partial charge in [-0.15, -0.1) is 24.8 Å². The van der Waals surface area contributed by atoms with Gasteiger partial charge in [-0.1, -0.05) is 42.5 Å². The third-order valence-electron chi connectivity index (χ3n) is 5.07. The van der Waals surface area contributed by atoms with E-state index < -0.39 is 0 Å². The van der Waals surface area contributed by atoms with E-state index in [1.54, 1.807) is 0 Å². The summed E-state index contributed by atoms with van der Waals surface area (Å²) in [6.07, 6.45) is 0.462. The highest BCUT2D eigenvalue weighted by molar-refractivity contribution is 5.99. The standard InChI is InChI=1S/C21H24N2O2.2ClH/c24-20-14-18(25-21-9-5-4-8-19(20)21)16-23-12-10-22(11-13-23)15-17-6-2-1-3-7-17;;/h1-9,18H,10-16H2;2*1H. The van der Waals surface area contributed by atoms with Crippen LogP contribution in [0.2, 0.25) is 0 Å². The Morgan fingerprint density at radius 2 is 1.48 bits per heavy atom. The zero-order valence-electron chi connectivity index (χ0n) is 15.3. The minimum absolute atomic E-state index is 0. The van der Waals surface area contributed by atoms with Crippen LogP contribution in [0.25, 0.3) is 0 Å². The molecule has 0 radical (unpaired) electrons. The number of para-hydroxylation sites is 1. The Morgan fingerprint density at radius 3 is 2.22 bits per heavy atom. The summed E-state index contributed by atoms with van der Waals surface area (Å²) in [5.41, 5.74) is 2.10. The predicted octanol–water partition coefficient (Wildman–Crippen LogP) is 3.68. The van der Waals surface area contributed by atoms with Crippen molar-refractivity contribution in [2.75, 3.05) is 32.7 Å². The van der Waals surface area contributed by atoms with Crippen LogP contribution >= 0.6 is 24.8 Å². The molecule has 2 heterocycles. The van der Waals surface area contributed by atoms with Crippen molar-refractivity contribution in [3.05, 3.63) is 65.7 Å². The van der Waals surface area contributed by atoms with E-state index >= 15 is 0 Å². The van der Waals surface area contributed by atoms with Crippen molar-refractivity contribution < 1.29 is 9.53 Å². The van der Waals surface area contributed by atoms with E-state index in [9.17, 15) is 4.79 Å². The lowest BCUT2D eigenvalue weighted by atomic mass is 10.0. The largest absolute Gasteiger partial charge is 0.488 e. The lowest BCUT2D eigenvalue weighted by Crippen LogP contribution is -2.49. The summed E-state index contributed by atoms with van der Waals surface area (Å²) in [4.78, 5) is 17.2. The maximum Gasteiger partial charge on any atom is 0.170 e. The van der Waals surface area contributed by atoms with Gasteiger partial charge in [0, 0.05) is 45.7 Å². The van der Waals surface area contributed by atoms with Gasteiger partial charge in [-0.05, 0) is 17.7 Å². The van der Waals surface area contributed by atoms with E-state index in [-0.39, 0.29) is 36.7 Å². The average molecular weight is 409 g/mol. The van der Waals surface area contributed by atoms with Gasteiger partial charge in [-0.3, -0.25) is 14.6 Å². The van der Waals surface area contributed by atoms with Gasteiger partial charge in [-0.2, -0.15) is 0 Å². The highest BCUT2D eigenvalue weighted by Gasteiger charge is 2.28. The number of fused-ring (bicyclic) bond motifs is 1. The highest BCUT2D eigenvalue weighted by Crippen LogP contribution is 2.27. The number of rotatable bonds is 4. The third-order valence-corrected chi connectivity index (χ3v) is 5.07. The lowest BCUT2D eigenvalue weighted by molar-refractivity contribution is 0.0622. The van der Waals surface area contributed by atoms with Crippen molar-refractivity contribution in [1.82, 2.24) is 9.80 Å². The first kappa shape index (κ1) is 21.7. The van der Waals surface area contributed by atoms with Crippen LogP contribution in [-0.2, 0) is 6.54 Å². The first-order valence-electron chi connectivity index (χ1n) is 9.05. The predicted molar refractivity (Wildman–Crippen MR) is 112 cm³/mol. The number of carbonyl (C=O) groups is 1. The van der Waals surface area contributed by atoms with Gasteiger partial charge in [0.25, 0.3) is 0 Å². The number of ketones is 1. The molecule has 0 saturated carbocycles. The molecule has 2 aliphatic rings. The molecular weight excluding hydrogens is 383 g/mol. The number of halogens is 2. The van der Waals surface area contributed by atoms with Crippen molar-refractivity contribution in [2.24, 2.45) is 0 Å². The zero-order valence-corrected chi connectivity index (χ0v) is 16.9. The molecule has 1 unspecified atom stereocenters. The topological polar surface area (TPSA) is 32.8 Å². The Bertz CT molecular complexity index is 734. The Balaban J connectivity index is 0.00000131. The number of benzene rings is 2. The Kier molecular flexibility index (Phi) is 8.11. The van der Waals surface area contributed by atoms with Gasteiger partial charge in [-0.25, -0.2) is 0 Å². The van der Waals surface area contributed by atoms with Crippen LogP contribution < -0.4 is 4.74 Å². The van der Waals surface area contributed by atoms with Crippen molar-refractivity contribution in [3.8, 4) is 5.75 Å². The molecule has 1 atom stereocenters. The fourth-order valence-electron chi connectivity index (χ4n) is 3.70. The van der Waals surface area contributed by atoms with Gasteiger partial charge >= 0.3 is 0 Å². The molecule has 1 fully saturated rings. The van der Waals surface area contributed by atoms with Crippen LogP contribution in [0.15, 0.2) is 54.6 Å². The minimum Gasteiger partial charge on any atom is -0.488 e. The molecule has 146 valence electrons. The Labute approximate surface area is 173 Å². The molecule has 0 amide bonds. The highest BCUT2D eigenvalue weighted by atomic mass is 35.5. The summed E-state index contributed by atoms with van der Waals surface area (Å²) in [6, 6.07) is 18.2. The lowest BCUT2D eigenvalue weighted by Gasteiger charge is -2.37. The smallest absolute Gasteiger partial charge is 0.170 e. The molecule has 2 aliphatic heterocycles. The molecule has 2 aromatic rings. The first-order valence-corrected chi connectivity index (χ1v) is 9.05. The van der Waals surface area contributed by atoms with E-state index in [1.165, 1.54) is 5.56 Å². The van der Waals surface area contributed by atoms with E-state index in [4.69, 9.17) is 4.74 Å². The van der Waals surface area contributed by atoms with Gasteiger partial charge in [0.15, 0.2) is 5.78 Å². The Morgan fingerprint density at radius 1 is 0.852 bits per heavy atom. The number of carbonyl (C=O) groups excluding carboxylic acids is 1. The number of Topliss-reactive ketones (excluding diaryl/α,β-unsaturated/α-hetero) is 1. The number of ether oxygens (including phenoxy) is 1. The second kappa shape index (κ2) is 10.1. The van der Waals surface area contributed by atoms with Gasteiger partial charge in [0.05, 0.1) is 5.56 Å². The van der Waals surface area contributed by atoms with Crippen molar-refractivity contribution >= 4 is 30.6 Å². The SMILES string of the molecule is Cl.Cl.O=C1CC(CN2CCN(Cc3ccccc3)CC2)Oc2ccccc21. The maximum absolute atomic E-state index is 12.3. The van der Waals surface area contributed by atoms with Crippen LogP contribution in [0.3, 0.4) is 0 Å². The zero-order chi connectivity index (χ0) is 17.1. The van der Waals surface area contributed by atoms with Crippen LogP contribution in [-0.4, -0.2) is 54.4 Å². The molecule has 4 rings (SSSR count). The molecule has 2 aromatic carbocycles. The summed E-state index contributed by atoms with van der Waals surface area (Å²) in [5.74, 6) is 0.945. The van der Waals surface area contributed by atoms with E-state index in [0.717, 1.165) is 50.6 Å². The average Bonchev–Trinajstić information content (AvgIpc) is 2.64. The van der Waals surface area contributed by atoms with Gasteiger partial charge < -0.3 is 4.74 Å². The molecule has 0 spiro atoms. The second-order valence-electron chi connectivity index (χ2n) is 6.93. The Hall–Kier alpha value is -1.59. The van der Waals surface area contributed by atoms with Crippen LogP contribution in [0.1, 0.15) is 22.3 Å². The minimum atomic E-state index is -0.0249. The fraction of sp³-hybridized carbons (Fsp3) is 0.381. The normalized spacial score (nSPS) is 20.0. The van der Waals surface area contributed by atoms with Gasteiger partial charge in [0.1, 0.15) is 11.9 Å². The number of hydrogen-bond acceptors (Lipinski definition) is 4. The molecule has 6 heteroatoms. The summed E-state index contributed by atoms with van der Waals surface area (Å²) in [7, 11) is 0. The fourth-order valence-corrected chi connectivity index (χ4v) is 3.70. The summed E-state index contributed by atoms with van der Waals surface area (Å²) < 4.78 is 6.05. The molecule has 0 aromatic heterocycles. The van der Waals surface area contributed by atoms with E-state index in [0.29, 0.717) is 6.42 Å². The first-order chi connectivity index (χ1) is 12.3. The molecule has 27 heavy (non-hydrogen) atoms.